The third-order valence-electron chi connectivity index (χ3n) is 2.92. The lowest BCUT2D eigenvalue weighted by atomic mass is 10.3. The number of hydrogen-bond donors (Lipinski definition) is 0. The Morgan fingerprint density at radius 2 is 2.05 bits per heavy atom. The monoisotopic (exact) mass is 278 g/mol. The fraction of sp³-hybridized carbons (Fsp3) is 0.429. The molecule has 0 aliphatic carbocycles. The first-order valence-corrected chi connectivity index (χ1v) is 6.36. The Balaban J connectivity index is 2.16. The largest absolute Gasteiger partial charge is 0.459 e. The number of carbonyl (C=O) groups excluding carboxylic acids is 1. The fourth-order valence-corrected chi connectivity index (χ4v) is 1.87. The minimum Gasteiger partial charge on any atom is -0.459 e. The standard InChI is InChI=1S/C14H18N2O4/c1-18-6-5-16-4-3-11-10-15-12(9-13(11)16)14(17)20-8-7-19-2/h3-4,9-10H,5-8H2,1-2H3. The summed E-state index contributed by atoms with van der Waals surface area (Å²) in [6, 6.07) is 3.69. The first-order chi connectivity index (χ1) is 9.76. The molecule has 20 heavy (non-hydrogen) atoms. The molecule has 0 spiro atoms. The maximum absolute atomic E-state index is 11.8. The normalized spacial score (nSPS) is 10.9. The Kier molecular flexibility index (Phi) is 5.09. The molecule has 6 nitrogen and oxygen atoms in total. The predicted molar refractivity (Wildman–Crippen MR) is 73.8 cm³/mol. The second kappa shape index (κ2) is 7.02. The van der Waals surface area contributed by atoms with E-state index in [2.05, 4.69) is 4.98 Å². The molecular formula is C14H18N2O4. The molecule has 0 radical (unpaired) electrons. The fourth-order valence-electron chi connectivity index (χ4n) is 1.87. The van der Waals surface area contributed by atoms with Crippen molar-refractivity contribution in [3.8, 4) is 0 Å². The minimum atomic E-state index is -0.441. The van der Waals surface area contributed by atoms with E-state index >= 15 is 0 Å². The smallest absolute Gasteiger partial charge is 0.357 e. The van der Waals surface area contributed by atoms with Gasteiger partial charge in [0.2, 0.25) is 0 Å². The summed E-state index contributed by atoms with van der Waals surface area (Å²) in [5, 5.41) is 0.981. The maximum atomic E-state index is 11.8. The van der Waals surface area contributed by atoms with Gasteiger partial charge >= 0.3 is 5.97 Å². The number of carbonyl (C=O) groups is 1. The zero-order chi connectivity index (χ0) is 14.4. The quantitative estimate of drug-likeness (QED) is 0.567. The van der Waals surface area contributed by atoms with Gasteiger partial charge in [-0.3, -0.25) is 0 Å². The third-order valence-corrected chi connectivity index (χ3v) is 2.92. The van der Waals surface area contributed by atoms with Crippen LogP contribution in [0.15, 0.2) is 24.5 Å². The summed E-state index contributed by atoms with van der Waals surface area (Å²) in [5.74, 6) is -0.441. The number of pyridine rings is 1. The third kappa shape index (κ3) is 3.34. The Morgan fingerprint density at radius 3 is 2.80 bits per heavy atom. The summed E-state index contributed by atoms with van der Waals surface area (Å²) in [6.45, 7) is 1.93. The molecule has 2 heterocycles. The SMILES string of the molecule is COCCOC(=O)c1cc2c(ccn2CCOC)cn1. The van der Waals surface area contributed by atoms with Crippen LogP contribution in [0.1, 0.15) is 10.5 Å². The molecule has 0 bridgehead atoms. The van der Waals surface area contributed by atoms with Crippen LogP contribution < -0.4 is 0 Å². The average molecular weight is 278 g/mol. The number of fused-ring (bicyclic) bond motifs is 1. The van der Waals surface area contributed by atoms with Crippen LogP contribution in [0.4, 0.5) is 0 Å². The summed E-state index contributed by atoms with van der Waals surface area (Å²) in [4.78, 5) is 16.0. The Hall–Kier alpha value is -1.92. The van der Waals surface area contributed by atoms with E-state index < -0.39 is 5.97 Å². The van der Waals surface area contributed by atoms with Crippen molar-refractivity contribution < 1.29 is 19.0 Å². The molecule has 6 heteroatoms. The highest BCUT2D eigenvalue weighted by atomic mass is 16.6. The van der Waals surface area contributed by atoms with Gasteiger partial charge in [0.25, 0.3) is 0 Å². The van der Waals surface area contributed by atoms with Crippen molar-refractivity contribution in [3.05, 3.63) is 30.2 Å². The number of esters is 1. The number of aromatic nitrogens is 2. The molecule has 108 valence electrons. The van der Waals surface area contributed by atoms with E-state index in [0.29, 0.717) is 18.9 Å². The molecule has 2 rings (SSSR count). The molecule has 0 fully saturated rings. The zero-order valence-electron chi connectivity index (χ0n) is 11.7. The number of methoxy groups -OCH3 is 2. The lowest BCUT2D eigenvalue weighted by Gasteiger charge is -2.06. The van der Waals surface area contributed by atoms with Gasteiger partial charge in [-0.2, -0.15) is 0 Å². The van der Waals surface area contributed by atoms with Gasteiger partial charge in [-0.15, -0.1) is 0 Å². The first-order valence-electron chi connectivity index (χ1n) is 6.36. The van der Waals surface area contributed by atoms with Crippen LogP contribution >= 0.6 is 0 Å². The molecule has 0 unspecified atom stereocenters. The van der Waals surface area contributed by atoms with Crippen LogP contribution in [0.2, 0.25) is 0 Å². The summed E-state index contributed by atoms with van der Waals surface area (Å²) >= 11 is 0. The minimum absolute atomic E-state index is 0.222. The summed E-state index contributed by atoms with van der Waals surface area (Å²) in [7, 11) is 3.21. The van der Waals surface area contributed by atoms with Gasteiger partial charge < -0.3 is 18.8 Å². The topological polar surface area (TPSA) is 62.6 Å². The lowest BCUT2D eigenvalue weighted by molar-refractivity contribution is 0.0382. The first kappa shape index (κ1) is 14.5. The molecule has 2 aromatic heterocycles. The molecule has 0 aliphatic rings. The Bertz CT molecular complexity index is 580. The van der Waals surface area contributed by atoms with Gasteiger partial charge in [0.15, 0.2) is 0 Å². The van der Waals surface area contributed by atoms with E-state index in [1.165, 1.54) is 0 Å². The van der Waals surface area contributed by atoms with Gasteiger partial charge in [0, 0.05) is 38.5 Å². The highest BCUT2D eigenvalue weighted by Gasteiger charge is 2.11. The number of nitrogens with zero attached hydrogens (tertiary/aromatic N) is 2. The molecule has 0 atom stereocenters. The summed E-state index contributed by atoms with van der Waals surface area (Å²) in [5.41, 5.74) is 1.24. The van der Waals surface area contributed by atoms with Gasteiger partial charge in [-0.1, -0.05) is 0 Å². The van der Waals surface area contributed by atoms with Crippen molar-refractivity contribution in [3.63, 3.8) is 0 Å². The van der Waals surface area contributed by atoms with Crippen molar-refractivity contribution in [2.75, 3.05) is 34.0 Å². The van der Waals surface area contributed by atoms with Crippen molar-refractivity contribution in [1.82, 2.24) is 9.55 Å². The molecule has 0 saturated heterocycles. The van der Waals surface area contributed by atoms with E-state index in [4.69, 9.17) is 14.2 Å². The van der Waals surface area contributed by atoms with Crippen LogP contribution in [0.5, 0.6) is 0 Å². The number of rotatable bonds is 7. The van der Waals surface area contributed by atoms with Gasteiger partial charge in [0.1, 0.15) is 12.3 Å². The van der Waals surface area contributed by atoms with E-state index in [0.717, 1.165) is 17.4 Å². The van der Waals surface area contributed by atoms with E-state index in [-0.39, 0.29) is 6.61 Å². The van der Waals surface area contributed by atoms with E-state index in [1.807, 2.05) is 16.8 Å². The second-order valence-corrected chi connectivity index (χ2v) is 4.26. The Labute approximate surface area is 117 Å². The van der Waals surface area contributed by atoms with Crippen molar-refractivity contribution in [2.45, 2.75) is 6.54 Å². The maximum Gasteiger partial charge on any atom is 0.357 e. The average Bonchev–Trinajstić information content (AvgIpc) is 2.87. The van der Waals surface area contributed by atoms with Crippen LogP contribution in [-0.2, 0) is 20.8 Å². The van der Waals surface area contributed by atoms with Gasteiger partial charge in [-0.25, -0.2) is 9.78 Å². The molecule has 2 aromatic rings. The van der Waals surface area contributed by atoms with Crippen LogP contribution in [0, 0.1) is 0 Å². The Morgan fingerprint density at radius 1 is 1.25 bits per heavy atom. The lowest BCUT2D eigenvalue weighted by Crippen LogP contribution is -2.11. The molecule has 0 aliphatic heterocycles. The molecule has 0 aromatic carbocycles. The molecule has 0 saturated carbocycles. The summed E-state index contributed by atoms with van der Waals surface area (Å²) < 4.78 is 17.0. The van der Waals surface area contributed by atoms with Crippen LogP contribution in [0.3, 0.4) is 0 Å². The van der Waals surface area contributed by atoms with E-state index in [9.17, 15) is 4.79 Å². The predicted octanol–water partition coefficient (Wildman–Crippen LogP) is 1.49. The van der Waals surface area contributed by atoms with E-state index in [1.54, 1.807) is 26.5 Å². The van der Waals surface area contributed by atoms with Gasteiger partial charge in [0.05, 0.1) is 18.7 Å². The van der Waals surface area contributed by atoms with Crippen LogP contribution in [-0.4, -0.2) is 49.6 Å². The number of ether oxygens (including phenoxy) is 3. The second-order valence-electron chi connectivity index (χ2n) is 4.26. The molecular weight excluding hydrogens is 260 g/mol. The van der Waals surface area contributed by atoms with Crippen molar-refractivity contribution >= 4 is 16.9 Å². The molecule has 0 N–H and O–H groups in total. The zero-order valence-corrected chi connectivity index (χ0v) is 11.7. The van der Waals surface area contributed by atoms with Crippen molar-refractivity contribution in [2.24, 2.45) is 0 Å². The number of hydrogen-bond acceptors (Lipinski definition) is 5. The highest BCUT2D eigenvalue weighted by Crippen LogP contribution is 2.16. The van der Waals surface area contributed by atoms with Gasteiger partial charge in [-0.05, 0) is 12.1 Å². The highest BCUT2D eigenvalue weighted by molar-refractivity contribution is 5.92. The summed E-state index contributed by atoms with van der Waals surface area (Å²) in [6.07, 6.45) is 3.62. The van der Waals surface area contributed by atoms with Crippen molar-refractivity contribution in [1.29, 1.82) is 0 Å². The van der Waals surface area contributed by atoms with Crippen LogP contribution in [0.25, 0.3) is 10.9 Å². The molecule has 0 amide bonds.